The Labute approximate surface area is 145 Å². The lowest BCUT2D eigenvalue weighted by Gasteiger charge is -2.42. The van der Waals surface area contributed by atoms with Gasteiger partial charge in [-0.25, -0.2) is 8.78 Å². The molecule has 3 aliphatic rings. The number of hydrogen-bond donors (Lipinski definition) is 0. The maximum atomic E-state index is 14.8. The van der Waals surface area contributed by atoms with Crippen molar-refractivity contribution in [2.24, 2.45) is 23.7 Å². The van der Waals surface area contributed by atoms with E-state index in [4.69, 9.17) is 0 Å². The molecule has 1 aromatic carbocycles. The van der Waals surface area contributed by atoms with E-state index in [0.717, 1.165) is 49.0 Å². The summed E-state index contributed by atoms with van der Waals surface area (Å²) in [6, 6.07) is 2.04. The molecule has 0 nitrogen and oxygen atoms in total. The minimum absolute atomic E-state index is 0.235. The fourth-order valence-corrected chi connectivity index (χ4v) is 5.74. The van der Waals surface area contributed by atoms with E-state index >= 15 is 0 Å². The first-order valence-electron chi connectivity index (χ1n) is 10.0. The molecule has 0 aromatic heterocycles. The number of hydrogen-bond acceptors (Lipinski definition) is 0. The number of rotatable bonds is 1. The van der Waals surface area contributed by atoms with Gasteiger partial charge < -0.3 is 0 Å². The third kappa shape index (κ3) is 2.91. The highest BCUT2D eigenvalue weighted by molar-refractivity contribution is 5.38. The van der Waals surface area contributed by atoms with Crippen LogP contribution in [0.4, 0.5) is 8.78 Å². The maximum absolute atomic E-state index is 14.8. The van der Waals surface area contributed by atoms with E-state index in [2.05, 4.69) is 13.8 Å². The van der Waals surface area contributed by atoms with Gasteiger partial charge in [0.15, 0.2) is 11.6 Å². The average molecular weight is 332 g/mol. The average Bonchev–Trinajstić information content (AvgIpc) is 2.58. The van der Waals surface area contributed by atoms with Crippen LogP contribution in [0.15, 0.2) is 6.07 Å². The molecule has 0 spiro atoms. The predicted molar refractivity (Wildman–Crippen MR) is 94.1 cm³/mol. The Balaban J connectivity index is 1.60. The van der Waals surface area contributed by atoms with Gasteiger partial charge in [0, 0.05) is 0 Å². The van der Waals surface area contributed by atoms with Gasteiger partial charge >= 0.3 is 0 Å². The Hall–Kier alpha value is -0.920. The molecule has 0 radical (unpaired) electrons. The molecule has 0 saturated heterocycles. The summed E-state index contributed by atoms with van der Waals surface area (Å²) in [5, 5.41) is 0. The standard InChI is InChI=1S/C22H30F2/c1-13-3-5-16-11-17(8-7-15(16)9-13)20-12-18-6-4-14(2)10-19(18)21(23)22(20)24/h12-17H,3-11H2,1-2H3. The summed E-state index contributed by atoms with van der Waals surface area (Å²) in [5.74, 6) is 2.05. The van der Waals surface area contributed by atoms with Crippen LogP contribution >= 0.6 is 0 Å². The molecule has 24 heavy (non-hydrogen) atoms. The maximum Gasteiger partial charge on any atom is 0.162 e. The number of halogens is 2. The summed E-state index contributed by atoms with van der Waals surface area (Å²) in [6.07, 6.45) is 9.97. The molecule has 2 fully saturated rings. The molecule has 2 heteroatoms. The van der Waals surface area contributed by atoms with Crippen LogP contribution in [-0.4, -0.2) is 0 Å². The minimum Gasteiger partial charge on any atom is -0.203 e. The summed E-state index contributed by atoms with van der Waals surface area (Å²) < 4.78 is 29.5. The van der Waals surface area contributed by atoms with Crippen LogP contribution in [0.3, 0.4) is 0 Å². The number of aryl methyl sites for hydroxylation is 1. The second-order valence-electron chi connectivity index (χ2n) is 9.03. The third-order valence-electron chi connectivity index (χ3n) is 7.20. The molecule has 132 valence electrons. The van der Waals surface area contributed by atoms with E-state index in [0.29, 0.717) is 23.5 Å². The second-order valence-corrected chi connectivity index (χ2v) is 9.03. The first kappa shape index (κ1) is 16.5. The second kappa shape index (κ2) is 6.42. The van der Waals surface area contributed by atoms with Gasteiger partial charge in [-0.05, 0) is 97.6 Å². The minimum atomic E-state index is -0.534. The Kier molecular flexibility index (Phi) is 4.43. The van der Waals surface area contributed by atoms with Gasteiger partial charge in [-0.15, -0.1) is 0 Å². The van der Waals surface area contributed by atoms with Crippen LogP contribution in [0.1, 0.15) is 81.4 Å². The van der Waals surface area contributed by atoms with Crippen molar-refractivity contribution in [2.75, 3.05) is 0 Å². The van der Waals surface area contributed by atoms with Gasteiger partial charge in [-0.1, -0.05) is 26.3 Å². The zero-order valence-electron chi connectivity index (χ0n) is 15.1. The highest BCUT2D eigenvalue weighted by Crippen LogP contribution is 2.48. The molecule has 0 amide bonds. The Morgan fingerprint density at radius 3 is 2.42 bits per heavy atom. The quantitative estimate of drug-likeness (QED) is 0.557. The van der Waals surface area contributed by atoms with Crippen LogP contribution < -0.4 is 0 Å². The van der Waals surface area contributed by atoms with Crippen molar-refractivity contribution in [2.45, 2.75) is 77.6 Å². The van der Waals surface area contributed by atoms with Crippen LogP contribution in [0.25, 0.3) is 0 Å². The van der Waals surface area contributed by atoms with Crippen molar-refractivity contribution in [3.05, 3.63) is 34.4 Å². The molecular formula is C22H30F2. The van der Waals surface area contributed by atoms with Crippen molar-refractivity contribution in [1.29, 1.82) is 0 Å². The Bertz CT molecular complexity index is 621. The molecular weight excluding hydrogens is 302 g/mol. The van der Waals surface area contributed by atoms with Crippen molar-refractivity contribution >= 4 is 0 Å². The molecule has 1 aromatic rings. The molecule has 0 aliphatic heterocycles. The van der Waals surface area contributed by atoms with Crippen molar-refractivity contribution in [1.82, 2.24) is 0 Å². The lowest BCUT2D eigenvalue weighted by Crippen LogP contribution is -2.30. The van der Waals surface area contributed by atoms with Gasteiger partial charge in [0.1, 0.15) is 0 Å². The third-order valence-corrected chi connectivity index (χ3v) is 7.20. The van der Waals surface area contributed by atoms with Gasteiger partial charge in [0.05, 0.1) is 0 Å². The molecule has 0 N–H and O–H groups in total. The first-order chi connectivity index (χ1) is 11.5. The molecule has 5 atom stereocenters. The van der Waals surface area contributed by atoms with E-state index in [1.54, 1.807) is 0 Å². The zero-order valence-corrected chi connectivity index (χ0v) is 15.1. The molecule has 2 saturated carbocycles. The van der Waals surface area contributed by atoms with E-state index in [1.165, 1.54) is 25.7 Å². The van der Waals surface area contributed by atoms with E-state index in [9.17, 15) is 8.78 Å². The molecule has 3 aliphatic carbocycles. The van der Waals surface area contributed by atoms with Crippen molar-refractivity contribution in [3.8, 4) is 0 Å². The van der Waals surface area contributed by atoms with Crippen LogP contribution in [0, 0.1) is 35.3 Å². The van der Waals surface area contributed by atoms with Crippen LogP contribution in [-0.2, 0) is 12.8 Å². The van der Waals surface area contributed by atoms with Crippen LogP contribution in [0.2, 0.25) is 0 Å². The van der Waals surface area contributed by atoms with E-state index in [1.807, 2.05) is 6.07 Å². The number of fused-ring (bicyclic) bond motifs is 2. The Morgan fingerprint density at radius 1 is 0.833 bits per heavy atom. The monoisotopic (exact) mass is 332 g/mol. The lowest BCUT2D eigenvalue weighted by atomic mass is 9.64. The highest BCUT2D eigenvalue weighted by atomic mass is 19.2. The normalized spacial score (nSPS) is 36.1. The lowest BCUT2D eigenvalue weighted by molar-refractivity contribution is 0.123. The molecule has 0 heterocycles. The summed E-state index contributed by atoms with van der Waals surface area (Å²) in [6.45, 7) is 4.50. The molecule has 4 rings (SSSR count). The topological polar surface area (TPSA) is 0 Å². The van der Waals surface area contributed by atoms with E-state index in [-0.39, 0.29) is 5.92 Å². The van der Waals surface area contributed by atoms with Gasteiger partial charge in [-0.3, -0.25) is 0 Å². The summed E-state index contributed by atoms with van der Waals surface area (Å²) >= 11 is 0. The van der Waals surface area contributed by atoms with E-state index < -0.39 is 11.6 Å². The fourth-order valence-electron chi connectivity index (χ4n) is 5.74. The van der Waals surface area contributed by atoms with Gasteiger partial charge in [-0.2, -0.15) is 0 Å². The van der Waals surface area contributed by atoms with Gasteiger partial charge in [0.2, 0.25) is 0 Å². The molecule has 5 unspecified atom stereocenters. The first-order valence-corrected chi connectivity index (χ1v) is 10.0. The fraction of sp³-hybridized carbons (Fsp3) is 0.727. The Morgan fingerprint density at radius 2 is 1.58 bits per heavy atom. The largest absolute Gasteiger partial charge is 0.203 e. The van der Waals surface area contributed by atoms with Crippen molar-refractivity contribution < 1.29 is 8.78 Å². The zero-order chi connectivity index (χ0) is 16.8. The van der Waals surface area contributed by atoms with Crippen LogP contribution in [0.5, 0.6) is 0 Å². The predicted octanol–water partition coefficient (Wildman–Crippen LogP) is 6.41. The molecule has 0 bridgehead atoms. The SMILES string of the molecule is CC1CCc2cc(C3CCC4CC(C)CCC4C3)c(F)c(F)c2C1. The summed E-state index contributed by atoms with van der Waals surface area (Å²) in [7, 11) is 0. The van der Waals surface area contributed by atoms with Crippen molar-refractivity contribution in [3.63, 3.8) is 0 Å². The summed E-state index contributed by atoms with van der Waals surface area (Å²) in [5.41, 5.74) is 2.44. The number of benzene rings is 1. The van der Waals surface area contributed by atoms with Gasteiger partial charge in [0.25, 0.3) is 0 Å². The highest BCUT2D eigenvalue weighted by Gasteiger charge is 2.36. The smallest absolute Gasteiger partial charge is 0.162 e. The summed E-state index contributed by atoms with van der Waals surface area (Å²) in [4.78, 5) is 0.